The van der Waals surface area contributed by atoms with Crippen LogP contribution in [-0.2, 0) is 15.3 Å². The number of benzene rings is 1. The average molecular weight is 446 g/mol. The molecule has 1 N–H and O–H groups in total. The quantitative estimate of drug-likeness (QED) is 0.572. The summed E-state index contributed by atoms with van der Waals surface area (Å²) in [4.78, 5) is 29.6. The van der Waals surface area contributed by atoms with E-state index in [1.807, 2.05) is 30.5 Å². The van der Waals surface area contributed by atoms with Crippen molar-refractivity contribution in [3.05, 3.63) is 57.5 Å². The Balaban J connectivity index is 1.32. The van der Waals surface area contributed by atoms with E-state index in [0.29, 0.717) is 34.5 Å². The average Bonchev–Trinajstić information content (AvgIpc) is 3.40. The lowest BCUT2D eigenvalue weighted by atomic mass is 10.2. The highest BCUT2D eigenvalue weighted by atomic mass is 32.2. The second kappa shape index (κ2) is 9.63. The van der Waals surface area contributed by atoms with E-state index in [4.69, 9.17) is 9.47 Å². The van der Waals surface area contributed by atoms with Crippen LogP contribution < -0.4 is 15.6 Å². The molecular weight excluding hydrogens is 422 g/mol. The molecule has 1 unspecified atom stereocenters. The third-order valence-corrected chi connectivity index (χ3v) is 6.42. The summed E-state index contributed by atoms with van der Waals surface area (Å²) in [5.74, 6) is 1.28. The van der Waals surface area contributed by atoms with E-state index in [1.54, 1.807) is 6.20 Å². The smallest absolute Gasteiger partial charge is 0.258 e. The fraction of sp³-hybridized carbons (Fsp3) is 0.381. The van der Waals surface area contributed by atoms with Gasteiger partial charge in [-0.15, -0.1) is 23.1 Å². The summed E-state index contributed by atoms with van der Waals surface area (Å²) in [5, 5.41) is 4.75. The number of rotatable bonds is 8. The monoisotopic (exact) mass is 445 g/mol. The van der Waals surface area contributed by atoms with E-state index in [0.717, 1.165) is 25.0 Å². The van der Waals surface area contributed by atoms with Crippen LogP contribution in [0, 0.1) is 6.92 Å². The van der Waals surface area contributed by atoms with Crippen LogP contribution in [-0.4, -0.2) is 40.4 Å². The number of ether oxygens (including phenoxy) is 2. The van der Waals surface area contributed by atoms with E-state index in [2.05, 4.69) is 10.3 Å². The minimum atomic E-state index is -0.125. The predicted molar refractivity (Wildman–Crippen MR) is 120 cm³/mol. The van der Waals surface area contributed by atoms with Crippen molar-refractivity contribution in [3.63, 3.8) is 0 Å². The number of aryl methyl sites for hydroxylation is 1. The molecule has 0 bridgehead atoms. The van der Waals surface area contributed by atoms with Gasteiger partial charge in [0.05, 0.1) is 23.2 Å². The number of carbonyl (C=O) groups is 1. The van der Waals surface area contributed by atoms with Crippen LogP contribution in [0.4, 0.5) is 5.69 Å². The number of carbonyl (C=O) groups excluding carboxylic acids is 1. The van der Waals surface area contributed by atoms with Crippen molar-refractivity contribution < 1.29 is 14.3 Å². The first-order chi connectivity index (χ1) is 14.6. The van der Waals surface area contributed by atoms with Crippen LogP contribution in [0.5, 0.6) is 5.75 Å². The first kappa shape index (κ1) is 20.9. The molecule has 0 saturated carbocycles. The Labute approximate surface area is 182 Å². The summed E-state index contributed by atoms with van der Waals surface area (Å²) in [6.45, 7) is 3.25. The highest BCUT2D eigenvalue weighted by molar-refractivity contribution is 7.99. The maximum absolute atomic E-state index is 12.4. The Morgan fingerprint density at radius 3 is 3.17 bits per heavy atom. The van der Waals surface area contributed by atoms with E-state index < -0.39 is 0 Å². The van der Waals surface area contributed by atoms with Gasteiger partial charge in [0.15, 0.2) is 4.96 Å². The van der Waals surface area contributed by atoms with Crippen molar-refractivity contribution in [1.29, 1.82) is 0 Å². The van der Waals surface area contributed by atoms with E-state index in [9.17, 15) is 9.59 Å². The zero-order valence-electron chi connectivity index (χ0n) is 16.6. The molecule has 0 aliphatic carbocycles. The molecule has 2 aromatic heterocycles. The highest BCUT2D eigenvalue weighted by Gasteiger charge is 2.17. The molecule has 7 nitrogen and oxygen atoms in total. The van der Waals surface area contributed by atoms with Crippen LogP contribution in [0.15, 0.2) is 40.6 Å². The van der Waals surface area contributed by atoms with Crippen LogP contribution in [0.3, 0.4) is 0 Å². The van der Waals surface area contributed by atoms with Gasteiger partial charge in [-0.2, -0.15) is 0 Å². The van der Waals surface area contributed by atoms with Crippen LogP contribution >= 0.6 is 23.1 Å². The first-order valence-corrected chi connectivity index (χ1v) is 11.8. The zero-order chi connectivity index (χ0) is 20.9. The Hall–Kier alpha value is -2.36. The van der Waals surface area contributed by atoms with Gasteiger partial charge in [0.25, 0.3) is 5.56 Å². The molecule has 158 valence electrons. The fourth-order valence-corrected chi connectivity index (χ4v) is 4.66. The number of amides is 1. The number of hydrogen-bond acceptors (Lipinski definition) is 7. The number of nitrogens with zero attached hydrogens (tertiary/aromatic N) is 2. The molecule has 3 aromatic rings. The van der Waals surface area contributed by atoms with Crippen molar-refractivity contribution in [1.82, 2.24) is 9.38 Å². The van der Waals surface area contributed by atoms with E-state index >= 15 is 0 Å². The minimum Gasteiger partial charge on any atom is -0.489 e. The van der Waals surface area contributed by atoms with Crippen LogP contribution in [0.1, 0.15) is 24.1 Å². The molecule has 30 heavy (non-hydrogen) atoms. The SMILES string of the molecule is Cc1ccc(NC(=O)CSCc2cc(=O)n3ccsc3n2)c(OCC2CCCO2)c1. The Morgan fingerprint density at radius 1 is 1.43 bits per heavy atom. The number of hydrogen-bond donors (Lipinski definition) is 1. The van der Waals surface area contributed by atoms with E-state index in [1.165, 1.54) is 33.6 Å². The Bertz CT molecular complexity index is 1090. The number of nitrogens with one attached hydrogen (secondary N) is 1. The molecule has 3 heterocycles. The lowest BCUT2D eigenvalue weighted by molar-refractivity contribution is -0.113. The summed E-state index contributed by atoms with van der Waals surface area (Å²) in [6.07, 6.45) is 3.88. The largest absolute Gasteiger partial charge is 0.489 e. The molecule has 0 spiro atoms. The van der Waals surface area contributed by atoms with Gasteiger partial charge in [-0.1, -0.05) is 6.07 Å². The zero-order valence-corrected chi connectivity index (χ0v) is 18.3. The second-order valence-corrected chi connectivity index (χ2v) is 8.99. The second-order valence-electron chi connectivity index (χ2n) is 7.13. The van der Waals surface area contributed by atoms with Gasteiger partial charge in [-0.25, -0.2) is 4.98 Å². The third-order valence-electron chi connectivity index (χ3n) is 4.70. The fourth-order valence-electron chi connectivity index (χ4n) is 3.21. The van der Waals surface area contributed by atoms with Crippen LogP contribution in [0.25, 0.3) is 4.96 Å². The number of aromatic nitrogens is 2. The van der Waals surface area contributed by atoms with Gasteiger partial charge in [-0.05, 0) is 37.5 Å². The summed E-state index contributed by atoms with van der Waals surface area (Å²) in [6, 6.07) is 7.23. The summed E-state index contributed by atoms with van der Waals surface area (Å²) in [5.41, 5.74) is 2.29. The predicted octanol–water partition coefficient (Wildman–Crippen LogP) is 3.49. The minimum absolute atomic E-state index is 0.103. The van der Waals surface area contributed by atoms with Gasteiger partial charge in [-0.3, -0.25) is 14.0 Å². The summed E-state index contributed by atoms with van der Waals surface area (Å²) >= 11 is 2.83. The van der Waals surface area contributed by atoms with Gasteiger partial charge < -0.3 is 14.8 Å². The van der Waals surface area contributed by atoms with Crippen molar-refractivity contribution in [2.75, 3.05) is 24.3 Å². The lowest BCUT2D eigenvalue weighted by Crippen LogP contribution is -2.19. The van der Waals surface area contributed by atoms with Gasteiger partial charge in [0, 0.05) is 30.0 Å². The van der Waals surface area contributed by atoms with Crippen molar-refractivity contribution in [3.8, 4) is 5.75 Å². The molecule has 1 aliphatic rings. The third kappa shape index (κ3) is 5.21. The lowest BCUT2D eigenvalue weighted by Gasteiger charge is -2.16. The number of fused-ring (bicyclic) bond motifs is 1. The highest BCUT2D eigenvalue weighted by Crippen LogP contribution is 2.27. The molecule has 1 amide bonds. The van der Waals surface area contributed by atoms with Gasteiger partial charge >= 0.3 is 0 Å². The molecule has 1 atom stereocenters. The number of thiazole rings is 1. The molecule has 0 radical (unpaired) electrons. The van der Waals surface area contributed by atoms with Crippen molar-refractivity contribution in [2.24, 2.45) is 0 Å². The molecule has 1 aliphatic heterocycles. The standard InChI is InChI=1S/C21H23N3O4S2/c1-14-4-5-17(18(9-14)28-11-16-3-2-7-27-16)23-19(25)13-29-12-15-10-20(26)24-6-8-30-21(24)22-15/h4-6,8-10,16H,2-3,7,11-13H2,1H3,(H,23,25). The molecule has 1 aromatic carbocycles. The Morgan fingerprint density at radius 2 is 2.33 bits per heavy atom. The first-order valence-electron chi connectivity index (χ1n) is 9.77. The van der Waals surface area contributed by atoms with Crippen molar-refractivity contribution >= 4 is 39.7 Å². The number of thioether (sulfide) groups is 1. The summed E-state index contributed by atoms with van der Waals surface area (Å²) in [7, 11) is 0. The maximum Gasteiger partial charge on any atom is 0.258 e. The molecule has 4 rings (SSSR count). The normalized spacial score (nSPS) is 16.1. The topological polar surface area (TPSA) is 81.9 Å². The van der Waals surface area contributed by atoms with E-state index in [-0.39, 0.29) is 23.3 Å². The Kier molecular flexibility index (Phi) is 6.71. The number of anilines is 1. The van der Waals surface area contributed by atoms with Crippen molar-refractivity contribution in [2.45, 2.75) is 31.6 Å². The van der Waals surface area contributed by atoms with Gasteiger partial charge in [0.1, 0.15) is 12.4 Å². The maximum atomic E-state index is 12.4. The molecule has 1 fully saturated rings. The van der Waals surface area contributed by atoms with Gasteiger partial charge in [0.2, 0.25) is 5.91 Å². The van der Waals surface area contributed by atoms with Crippen LogP contribution in [0.2, 0.25) is 0 Å². The molecular formula is C21H23N3O4S2. The molecule has 9 heteroatoms. The molecule has 1 saturated heterocycles. The summed E-state index contributed by atoms with van der Waals surface area (Å²) < 4.78 is 13.1.